The van der Waals surface area contributed by atoms with E-state index in [0.717, 1.165) is 32.6 Å². The Balaban J connectivity index is 0.000000360. The van der Waals surface area contributed by atoms with Gasteiger partial charge in [0.2, 0.25) is 0 Å². The molecule has 8 nitrogen and oxygen atoms in total. The van der Waals surface area contributed by atoms with Gasteiger partial charge in [-0.3, -0.25) is 9.69 Å². The van der Waals surface area contributed by atoms with Gasteiger partial charge in [-0.25, -0.2) is 4.79 Å². The van der Waals surface area contributed by atoms with E-state index in [0.29, 0.717) is 18.2 Å². The number of alkyl halides is 3. The third kappa shape index (κ3) is 6.47. The highest BCUT2D eigenvalue weighted by atomic mass is 19.4. The van der Waals surface area contributed by atoms with Crippen LogP contribution in [0.25, 0.3) is 0 Å². The molecular weight excluding hydrogens is 429 g/mol. The Morgan fingerprint density at radius 3 is 2.44 bits per heavy atom. The second-order valence-electron chi connectivity index (χ2n) is 7.49. The molecule has 1 aromatic heterocycles. The lowest BCUT2D eigenvalue weighted by atomic mass is 10.1. The first-order chi connectivity index (χ1) is 15.2. The standard InChI is InChI=1S/C19H22N4O2.C2HF3O2/c24-19(16-6-7-20-21-11-16)23-9-8-22-13-18(10-17(22)12-23)25-14-15-4-2-1-3-5-15;3-2(4,5)1(6)7/h1-7,11,17-18H,8-10,12-14H2;(H,6,7)/t17-,18+;/m0./s1. The number of benzene rings is 1. The molecule has 2 fully saturated rings. The van der Waals surface area contributed by atoms with E-state index < -0.39 is 12.1 Å². The fourth-order valence-electron chi connectivity index (χ4n) is 3.69. The van der Waals surface area contributed by atoms with Crippen LogP contribution < -0.4 is 0 Å². The van der Waals surface area contributed by atoms with Crippen molar-refractivity contribution in [1.82, 2.24) is 20.0 Å². The van der Waals surface area contributed by atoms with Gasteiger partial charge in [0.1, 0.15) is 0 Å². The highest BCUT2D eigenvalue weighted by Crippen LogP contribution is 2.25. The van der Waals surface area contributed by atoms with Crippen LogP contribution in [0.4, 0.5) is 13.2 Å². The van der Waals surface area contributed by atoms with E-state index in [-0.39, 0.29) is 12.0 Å². The summed E-state index contributed by atoms with van der Waals surface area (Å²) in [4.78, 5) is 25.9. The maximum atomic E-state index is 12.6. The van der Waals surface area contributed by atoms with E-state index >= 15 is 0 Å². The predicted octanol–water partition coefficient (Wildman–Crippen LogP) is 2.23. The number of carbonyl (C=O) groups excluding carboxylic acids is 1. The molecule has 1 amide bonds. The first-order valence-corrected chi connectivity index (χ1v) is 9.99. The fourth-order valence-corrected chi connectivity index (χ4v) is 3.69. The van der Waals surface area contributed by atoms with Crippen LogP contribution in [0.15, 0.2) is 48.8 Å². The molecule has 2 aliphatic rings. The van der Waals surface area contributed by atoms with Gasteiger partial charge < -0.3 is 14.7 Å². The molecule has 0 spiro atoms. The maximum Gasteiger partial charge on any atom is 0.490 e. The number of carbonyl (C=O) groups is 2. The number of nitrogens with zero attached hydrogens (tertiary/aromatic N) is 4. The van der Waals surface area contributed by atoms with Gasteiger partial charge in [0.05, 0.1) is 30.7 Å². The largest absolute Gasteiger partial charge is 0.490 e. The number of piperazine rings is 1. The maximum absolute atomic E-state index is 12.6. The topological polar surface area (TPSA) is 95.9 Å². The SMILES string of the molecule is O=C(O)C(F)(F)F.O=C(c1ccnnc1)N1CCN2C[C@H](OCc3ccccc3)C[C@H]2C1. The molecule has 0 bridgehead atoms. The minimum Gasteiger partial charge on any atom is -0.475 e. The summed E-state index contributed by atoms with van der Waals surface area (Å²) in [6.07, 6.45) is -0.768. The highest BCUT2D eigenvalue weighted by Gasteiger charge is 2.39. The second kappa shape index (κ2) is 10.5. The summed E-state index contributed by atoms with van der Waals surface area (Å²) in [5.41, 5.74) is 1.81. The zero-order chi connectivity index (χ0) is 23.1. The molecule has 32 heavy (non-hydrogen) atoms. The van der Waals surface area contributed by atoms with Crippen LogP contribution >= 0.6 is 0 Å². The summed E-state index contributed by atoms with van der Waals surface area (Å²) in [5, 5.41) is 14.7. The van der Waals surface area contributed by atoms with Gasteiger partial charge in [0.15, 0.2) is 0 Å². The lowest BCUT2D eigenvalue weighted by Crippen LogP contribution is -2.52. The van der Waals surface area contributed by atoms with Gasteiger partial charge in [0.25, 0.3) is 5.91 Å². The summed E-state index contributed by atoms with van der Waals surface area (Å²) < 4.78 is 37.8. The Morgan fingerprint density at radius 2 is 1.81 bits per heavy atom. The van der Waals surface area contributed by atoms with E-state index in [4.69, 9.17) is 14.6 Å². The third-order valence-corrected chi connectivity index (χ3v) is 5.27. The normalized spacial score (nSPS) is 20.8. The first-order valence-electron chi connectivity index (χ1n) is 9.99. The van der Waals surface area contributed by atoms with E-state index in [1.165, 1.54) is 11.8 Å². The lowest BCUT2D eigenvalue weighted by Gasteiger charge is -2.37. The van der Waals surface area contributed by atoms with Crippen molar-refractivity contribution < 1.29 is 32.6 Å². The van der Waals surface area contributed by atoms with Crippen molar-refractivity contribution >= 4 is 11.9 Å². The molecule has 0 saturated carbocycles. The predicted molar refractivity (Wildman–Crippen MR) is 107 cm³/mol. The van der Waals surface area contributed by atoms with Crippen molar-refractivity contribution in [3.05, 3.63) is 59.9 Å². The molecule has 1 N–H and O–H groups in total. The van der Waals surface area contributed by atoms with Crippen molar-refractivity contribution in [2.75, 3.05) is 26.2 Å². The Morgan fingerprint density at radius 1 is 1.09 bits per heavy atom. The number of halogens is 3. The zero-order valence-electron chi connectivity index (χ0n) is 17.1. The lowest BCUT2D eigenvalue weighted by molar-refractivity contribution is -0.192. The number of aliphatic carboxylic acids is 1. The van der Waals surface area contributed by atoms with Gasteiger partial charge in [-0.05, 0) is 18.1 Å². The Labute approximate surface area is 182 Å². The van der Waals surface area contributed by atoms with E-state index in [9.17, 15) is 18.0 Å². The molecule has 4 rings (SSSR count). The van der Waals surface area contributed by atoms with Crippen LogP contribution in [0.1, 0.15) is 22.3 Å². The molecule has 2 aliphatic heterocycles. The van der Waals surface area contributed by atoms with Gasteiger partial charge in [-0.1, -0.05) is 30.3 Å². The number of carboxylic acids is 1. The van der Waals surface area contributed by atoms with E-state index in [2.05, 4.69) is 27.2 Å². The monoisotopic (exact) mass is 452 g/mol. The molecule has 11 heteroatoms. The average molecular weight is 452 g/mol. The van der Waals surface area contributed by atoms with Crippen LogP contribution in [0.2, 0.25) is 0 Å². The van der Waals surface area contributed by atoms with Gasteiger partial charge >= 0.3 is 12.1 Å². The molecule has 0 unspecified atom stereocenters. The number of aromatic nitrogens is 2. The van der Waals surface area contributed by atoms with Crippen molar-refractivity contribution in [3.63, 3.8) is 0 Å². The number of hydrogen-bond donors (Lipinski definition) is 1. The summed E-state index contributed by atoms with van der Waals surface area (Å²) in [7, 11) is 0. The molecule has 3 heterocycles. The smallest absolute Gasteiger partial charge is 0.475 e. The number of ether oxygens (including phenoxy) is 1. The molecule has 2 atom stereocenters. The molecule has 0 aliphatic carbocycles. The number of carboxylic acid groups (broad SMARTS) is 1. The Hall–Kier alpha value is -3.05. The molecular formula is C21H23F3N4O4. The van der Waals surface area contributed by atoms with Crippen molar-refractivity contribution in [2.24, 2.45) is 0 Å². The highest BCUT2D eigenvalue weighted by molar-refractivity contribution is 5.93. The van der Waals surface area contributed by atoms with Crippen molar-refractivity contribution in [2.45, 2.75) is 31.3 Å². The van der Waals surface area contributed by atoms with Crippen molar-refractivity contribution in [1.29, 1.82) is 0 Å². The van der Waals surface area contributed by atoms with Crippen LogP contribution in [0, 0.1) is 0 Å². The van der Waals surface area contributed by atoms with Gasteiger partial charge in [0, 0.05) is 32.2 Å². The molecule has 0 radical (unpaired) electrons. The second-order valence-corrected chi connectivity index (χ2v) is 7.49. The summed E-state index contributed by atoms with van der Waals surface area (Å²) >= 11 is 0. The summed E-state index contributed by atoms with van der Waals surface area (Å²) in [6, 6.07) is 12.4. The number of hydrogen-bond acceptors (Lipinski definition) is 6. The summed E-state index contributed by atoms with van der Waals surface area (Å²) in [6.45, 7) is 4.02. The van der Waals surface area contributed by atoms with Crippen LogP contribution in [-0.4, -0.2) is 81.5 Å². The molecule has 172 valence electrons. The van der Waals surface area contributed by atoms with Gasteiger partial charge in [-0.2, -0.15) is 23.4 Å². The minimum atomic E-state index is -5.08. The number of rotatable bonds is 4. The number of fused-ring (bicyclic) bond motifs is 1. The first kappa shape index (κ1) is 23.6. The van der Waals surface area contributed by atoms with Crippen molar-refractivity contribution in [3.8, 4) is 0 Å². The molecule has 2 aromatic rings. The van der Waals surface area contributed by atoms with E-state index in [1.54, 1.807) is 12.3 Å². The zero-order valence-corrected chi connectivity index (χ0v) is 17.1. The Bertz CT molecular complexity index is 899. The quantitative estimate of drug-likeness (QED) is 0.760. The van der Waals surface area contributed by atoms with Crippen LogP contribution in [0.3, 0.4) is 0 Å². The van der Waals surface area contributed by atoms with Crippen LogP contribution in [0.5, 0.6) is 0 Å². The summed E-state index contributed by atoms with van der Waals surface area (Å²) in [5.74, 6) is -2.71. The van der Waals surface area contributed by atoms with Gasteiger partial charge in [-0.15, -0.1) is 0 Å². The molecule has 1 aromatic carbocycles. The van der Waals surface area contributed by atoms with E-state index in [1.807, 2.05) is 23.1 Å². The van der Waals surface area contributed by atoms with Crippen LogP contribution in [-0.2, 0) is 16.1 Å². The number of amides is 1. The average Bonchev–Trinajstić information content (AvgIpc) is 3.20. The minimum absolute atomic E-state index is 0.0446. The third-order valence-electron chi connectivity index (χ3n) is 5.27. The Kier molecular flexibility index (Phi) is 7.75. The molecule has 2 saturated heterocycles. The fraction of sp³-hybridized carbons (Fsp3) is 0.429.